The normalized spacial score (nSPS) is 12.0. The van der Waals surface area contributed by atoms with Crippen molar-refractivity contribution in [2.75, 3.05) is 7.11 Å². The minimum atomic E-state index is -3.71. The molecule has 0 unspecified atom stereocenters. The molecule has 0 aliphatic carbocycles. The Balaban J connectivity index is 2.82. The number of carbonyl (C=O) groups excluding carboxylic acids is 1. The fourth-order valence-electron chi connectivity index (χ4n) is 1.46. The third-order valence-electron chi connectivity index (χ3n) is 3.24. The van der Waals surface area contributed by atoms with Crippen molar-refractivity contribution >= 4 is 15.9 Å². The average Bonchev–Trinajstić information content (AvgIpc) is 2.37. The maximum Gasteiger partial charge on any atom is 0.239 e. The number of hydrogen-bond acceptors (Lipinski definition) is 4. The molecule has 20 heavy (non-hydrogen) atoms. The van der Waals surface area contributed by atoms with E-state index < -0.39 is 21.3 Å². The van der Waals surface area contributed by atoms with Crippen molar-refractivity contribution in [3.8, 4) is 5.75 Å². The van der Waals surface area contributed by atoms with Gasteiger partial charge in [0.2, 0.25) is 15.9 Å². The second-order valence-electron chi connectivity index (χ2n) is 5.28. The second-order valence-corrected chi connectivity index (χ2v) is 7.00. The van der Waals surface area contributed by atoms with E-state index in [0.717, 1.165) is 0 Å². The average molecular weight is 299 g/mol. The van der Waals surface area contributed by atoms with Gasteiger partial charge in [0, 0.05) is 5.41 Å². The zero-order valence-electron chi connectivity index (χ0n) is 12.3. The van der Waals surface area contributed by atoms with Crippen molar-refractivity contribution in [2.24, 2.45) is 5.41 Å². The van der Waals surface area contributed by atoms with E-state index in [2.05, 4.69) is 4.72 Å². The molecule has 0 saturated heterocycles. The van der Waals surface area contributed by atoms with Gasteiger partial charge in [0.1, 0.15) is 5.75 Å². The summed E-state index contributed by atoms with van der Waals surface area (Å²) in [7, 11) is -2.19. The molecule has 1 aromatic carbocycles. The highest BCUT2D eigenvalue weighted by Gasteiger charge is 2.28. The van der Waals surface area contributed by atoms with Gasteiger partial charge in [0.15, 0.2) is 0 Å². The Kier molecular flexibility index (Phi) is 5.16. The molecule has 0 heterocycles. The molecule has 0 bridgehead atoms. The lowest BCUT2D eigenvalue weighted by atomic mass is 9.90. The van der Waals surface area contributed by atoms with Crippen LogP contribution in [0.1, 0.15) is 32.8 Å². The van der Waals surface area contributed by atoms with Gasteiger partial charge in [-0.25, -0.2) is 8.42 Å². The van der Waals surface area contributed by atoms with E-state index >= 15 is 0 Å². The predicted octanol–water partition coefficient (Wildman–Crippen LogP) is 2.08. The van der Waals surface area contributed by atoms with E-state index in [1.165, 1.54) is 7.11 Å². The molecule has 0 radical (unpaired) electrons. The van der Waals surface area contributed by atoms with E-state index in [0.29, 0.717) is 17.7 Å². The number of sulfonamides is 1. The lowest BCUT2D eigenvalue weighted by molar-refractivity contribution is -0.127. The maximum atomic E-state index is 12.0. The molecule has 1 amide bonds. The molecular weight excluding hydrogens is 278 g/mol. The highest BCUT2D eigenvalue weighted by Crippen LogP contribution is 2.20. The van der Waals surface area contributed by atoms with Crippen LogP contribution in [0.4, 0.5) is 0 Å². The van der Waals surface area contributed by atoms with Crippen LogP contribution in [-0.2, 0) is 20.6 Å². The van der Waals surface area contributed by atoms with Crippen LogP contribution in [0.5, 0.6) is 5.75 Å². The molecule has 0 aliphatic heterocycles. The molecule has 0 atom stereocenters. The number of methoxy groups -OCH3 is 1. The van der Waals surface area contributed by atoms with Crippen LogP contribution in [-0.4, -0.2) is 21.4 Å². The van der Waals surface area contributed by atoms with Crippen LogP contribution in [0.25, 0.3) is 0 Å². The summed E-state index contributed by atoms with van der Waals surface area (Å²) < 4.78 is 31.2. The molecule has 0 fully saturated rings. The number of nitrogens with one attached hydrogen (secondary N) is 1. The molecule has 0 aromatic heterocycles. The van der Waals surface area contributed by atoms with Gasteiger partial charge in [-0.15, -0.1) is 0 Å². The lowest BCUT2D eigenvalue weighted by Crippen LogP contribution is -2.40. The summed E-state index contributed by atoms with van der Waals surface area (Å²) in [4.78, 5) is 11.9. The van der Waals surface area contributed by atoms with Crippen LogP contribution in [0, 0.1) is 5.41 Å². The number of benzene rings is 1. The first kappa shape index (κ1) is 16.5. The Morgan fingerprint density at radius 2 is 2.00 bits per heavy atom. The van der Waals surface area contributed by atoms with Gasteiger partial charge in [-0.3, -0.25) is 9.52 Å². The fourth-order valence-corrected chi connectivity index (χ4v) is 2.71. The van der Waals surface area contributed by atoms with E-state index in [-0.39, 0.29) is 5.75 Å². The summed E-state index contributed by atoms with van der Waals surface area (Å²) in [6, 6.07) is 6.75. The summed E-state index contributed by atoms with van der Waals surface area (Å²) >= 11 is 0. The van der Waals surface area contributed by atoms with Crippen molar-refractivity contribution < 1.29 is 17.9 Å². The van der Waals surface area contributed by atoms with Crippen LogP contribution >= 0.6 is 0 Å². The first-order valence-corrected chi connectivity index (χ1v) is 8.03. The van der Waals surface area contributed by atoms with E-state index in [9.17, 15) is 13.2 Å². The molecule has 6 heteroatoms. The van der Waals surface area contributed by atoms with Crippen molar-refractivity contribution in [1.82, 2.24) is 4.72 Å². The van der Waals surface area contributed by atoms with Crippen molar-refractivity contribution in [1.29, 1.82) is 0 Å². The van der Waals surface area contributed by atoms with Crippen molar-refractivity contribution in [3.05, 3.63) is 29.8 Å². The SMILES string of the molecule is CCC(C)(C)C(=O)NS(=O)(=O)Cc1cccc(OC)c1. The molecule has 1 aromatic rings. The minimum Gasteiger partial charge on any atom is -0.497 e. The Morgan fingerprint density at radius 1 is 1.35 bits per heavy atom. The predicted molar refractivity (Wildman–Crippen MR) is 77.8 cm³/mol. The molecule has 1 rings (SSSR count). The number of amides is 1. The van der Waals surface area contributed by atoms with Crippen molar-refractivity contribution in [2.45, 2.75) is 32.9 Å². The zero-order chi connectivity index (χ0) is 15.4. The monoisotopic (exact) mass is 299 g/mol. The van der Waals surface area contributed by atoms with E-state index in [1.54, 1.807) is 38.1 Å². The van der Waals surface area contributed by atoms with Gasteiger partial charge in [-0.1, -0.05) is 32.9 Å². The second kappa shape index (κ2) is 6.26. The third kappa shape index (κ3) is 4.52. The zero-order valence-corrected chi connectivity index (χ0v) is 13.1. The number of rotatable bonds is 6. The third-order valence-corrected chi connectivity index (χ3v) is 4.45. The Labute approximate surface area is 120 Å². The van der Waals surface area contributed by atoms with E-state index in [1.807, 2.05) is 6.92 Å². The standard InChI is InChI=1S/C14H21NO4S/c1-5-14(2,3)13(16)15-20(17,18)10-11-7-6-8-12(9-11)19-4/h6-9H,5,10H2,1-4H3,(H,15,16). The van der Waals surface area contributed by atoms with Gasteiger partial charge < -0.3 is 4.74 Å². The summed E-state index contributed by atoms with van der Waals surface area (Å²) in [5.74, 6) is -0.156. The number of hydrogen-bond donors (Lipinski definition) is 1. The molecule has 0 spiro atoms. The van der Waals surface area contributed by atoms with Crippen LogP contribution in [0.3, 0.4) is 0 Å². The highest BCUT2D eigenvalue weighted by molar-refractivity contribution is 7.89. The topological polar surface area (TPSA) is 72.5 Å². The van der Waals surface area contributed by atoms with Gasteiger partial charge >= 0.3 is 0 Å². The molecule has 0 aliphatic rings. The Hall–Kier alpha value is -1.56. The summed E-state index contributed by atoms with van der Waals surface area (Å²) in [6.07, 6.45) is 0.563. The smallest absolute Gasteiger partial charge is 0.239 e. The summed E-state index contributed by atoms with van der Waals surface area (Å²) in [5, 5.41) is 0. The first-order chi connectivity index (χ1) is 9.20. The molecule has 0 saturated carbocycles. The number of ether oxygens (including phenoxy) is 1. The van der Waals surface area contributed by atoms with Crippen LogP contribution in [0.15, 0.2) is 24.3 Å². The summed E-state index contributed by atoms with van der Waals surface area (Å²) in [6.45, 7) is 5.26. The van der Waals surface area contributed by atoms with Gasteiger partial charge in [0.05, 0.1) is 12.9 Å². The van der Waals surface area contributed by atoms with E-state index in [4.69, 9.17) is 4.74 Å². The molecule has 1 N–H and O–H groups in total. The first-order valence-electron chi connectivity index (χ1n) is 6.38. The number of carbonyl (C=O) groups is 1. The molecule has 112 valence electrons. The molecule has 5 nitrogen and oxygen atoms in total. The summed E-state index contributed by atoms with van der Waals surface area (Å²) in [5.41, 5.74) is -0.138. The lowest BCUT2D eigenvalue weighted by Gasteiger charge is -2.21. The van der Waals surface area contributed by atoms with Gasteiger partial charge in [-0.2, -0.15) is 0 Å². The Bertz CT molecular complexity index is 579. The van der Waals surface area contributed by atoms with Crippen molar-refractivity contribution in [3.63, 3.8) is 0 Å². The largest absolute Gasteiger partial charge is 0.497 e. The fraction of sp³-hybridized carbons (Fsp3) is 0.500. The minimum absolute atomic E-state index is 0.254. The van der Waals surface area contributed by atoms with Crippen LogP contribution < -0.4 is 9.46 Å². The van der Waals surface area contributed by atoms with Gasteiger partial charge in [-0.05, 0) is 24.1 Å². The maximum absolute atomic E-state index is 12.0. The quantitative estimate of drug-likeness (QED) is 0.873. The Morgan fingerprint density at radius 3 is 2.55 bits per heavy atom. The molecular formula is C14H21NO4S. The van der Waals surface area contributed by atoms with Crippen LogP contribution in [0.2, 0.25) is 0 Å². The van der Waals surface area contributed by atoms with Gasteiger partial charge in [0.25, 0.3) is 0 Å². The highest BCUT2D eigenvalue weighted by atomic mass is 32.2.